The fraction of sp³-hybridized carbons (Fsp3) is 0.647. The summed E-state index contributed by atoms with van der Waals surface area (Å²) in [6.45, 7) is 25.1. The molecule has 0 fully saturated rings. The molecule has 6 nitrogen and oxygen atoms in total. The maximum atomic E-state index is 11.0. The van der Waals surface area contributed by atoms with Crippen molar-refractivity contribution in [3.63, 3.8) is 0 Å². The predicted octanol–water partition coefficient (Wildman–Crippen LogP) is 6.58. The second-order valence-corrected chi connectivity index (χ2v) is 15.5. The van der Waals surface area contributed by atoms with E-state index in [1.54, 1.807) is 0 Å². The molecule has 0 aromatic heterocycles. The van der Waals surface area contributed by atoms with Crippen molar-refractivity contribution in [2.45, 2.75) is 143 Å². The lowest BCUT2D eigenvalue weighted by molar-refractivity contribution is 0.0488. The summed E-state index contributed by atoms with van der Waals surface area (Å²) in [5.41, 5.74) is 10.6. The van der Waals surface area contributed by atoms with Gasteiger partial charge in [0.25, 0.3) is 0 Å². The molecule has 0 spiro atoms. The highest BCUT2D eigenvalue weighted by molar-refractivity contribution is 5.51. The standard InChI is InChI=1S/C34H56N2O4/c1-31(2,3)23-17-21(18-24(29(23)39)32(4,5)6)13-15-27(37)35-36-28(38)16-14-22-19-25(33(7,8)9)30(40)26(20-22)34(10,11)12/h17-20,27-28,35-40H,13-16H2,1-12H3. The Hall–Kier alpha value is -2.12. The Balaban J connectivity index is 2.03. The zero-order chi connectivity index (χ0) is 30.8. The van der Waals surface area contributed by atoms with Crippen LogP contribution in [0.3, 0.4) is 0 Å². The van der Waals surface area contributed by atoms with E-state index in [2.05, 4.69) is 93.9 Å². The summed E-state index contributed by atoms with van der Waals surface area (Å²) >= 11 is 0. The summed E-state index contributed by atoms with van der Waals surface area (Å²) in [6.07, 6.45) is 0.425. The first-order chi connectivity index (χ1) is 18.0. The first kappa shape index (κ1) is 34.1. The van der Waals surface area contributed by atoms with Crippen molar-refractivity contribution in [2.24, 2.45) is 0 Å². The van der Waals surface area contributed by atoms with E-state index in [4.69, 9.17) is 0 Å². The molecule has 2 atom stereocenters. The monoisotopic (exact) mass is 556 g/mol. The second-order valence-electron chi connectivity index (χ2n) is 15.5. The van der Waals surface area contributed by atoms with E-state index >= 15 is 0 Å². The molecule has 0 amide bonds. The molecular weight excluding hydrogens is 500 g/mol. The van der Waals surface area contributed by atoms with Gasteiger partial charge in [0.15, 0.2) is 0 Å². The SMILES string of the molecule is CC(C)(C)c1cc(CCC(O)NNC(O)CCc2cc(C(C)(C)C)c(O)c(C(C)(C)C)c2)cc(C(C)(C)C)c1O. The summed E-state index contributed by atoms with van der Waals surface area (Å²) in [5, 5.41) is 43.1. The number of hydrogen-bond acceptors (Lipinski definition) is 6. The summed E-state index contributed by atoms with van der Waals surface area (Å²) in [6, 6.07) is 8.15. The number of benzene rings is 2. The quantitative estimate of drug-likeness (QED) is 0.154. The summed E-state index contributed by atoms with van der Waals surface area (Å²) < 4.78 is 0. The third-order valence-electron chi connectivity index (χ3n) is 7.40. The van der Waals surface area contributed by atoms with Crippen LogP contribution in [-0.4, -0.2) is 32.9 Å². The van der Waals surface area contributed by atoms with Gasteiger partial charge in [-0.1, -0.05) is 107 Å². The van der Waals surface area contributed by atoms with E-state index < -0.39 is 12.5 Å². The van der Waals surface area contributed by atoms with Gasteiger partial charge in [-0.15, -0.1) is 0 Å². The van der Waals surface area contributed by atoms with E-state index in [-0.39, 0.29) is 21.7 Å². The Labute approximate surface area is 243 Å². The van der Waals surface area contributed by atoms with Gasteiger partial charge in [0, 0.05) is 0 Å². The molecular formula is C34H56N2O4. The average Bonchev–Trinajstić information content (AvgIpc) is 2.78. The molecule has 0 aliphatic rings. The molecule has 2 rings (SSSR count). The number of hydrazine groups is 1. The first-order valence-corrected chi connectivity index (χ1v) is 14.6. The normalized spacial score (nSPS) is 14.8. The number of phenols is 2. The van der Waals surface area contributed by atoms with Gasteiger partial charge in [-0.25, -0.2) is 10.9 Å². The zero-order valence-electron chi connectivity index (χ0n) is 27.1. The number of phenolic OH excluding ortho intramolecular Hbond substituents is 2. The Morgan fingerprint density at radius 1 is 0.500 bits per heavy atom. The molecule has 2 aromatic rings. The Morgan fingerprint density at radius 2 is 0.725 bits per heavy atom. The van der Waals surface area contributed by atoms with Gasteiger partial charge < -0.3 is 20.4 Å². The maximum absolute atomic E-state index is 11.0. The molecule has 0 aliphatic heterocycles. The minimum absolute atomic E-state index is 0.207. The molecule has 226 valence electrons. The van der Waals surface area contributed by atoms with E-state index in [9.17, 15) is 20.4 Å². The second kappa shape index (κ2) is 12.4. The van der Waals surface area contributed by atoms with Gasteiger partial charge in [-0.2, -0.15) is 0 Å². The number of aryl methyl sites for hydroxylation is 2. The van der Waals surface area contributed by atoms with Crippen LogP contribution in [0.2, 0.25) is 0 Å². The van der Waals surface area contributed by atoms with Crippen molar-refractivity contribution in [1.82, 2.24) is 10.9 Å². The highest BCUT2D eigenvalue weighted by Crippen LogP contribution is 2.41. The molecule has 0 radical (unpaired) electrons. The molecule has 0 heterocycles. The van der Waals surface area contributed by atoms with Crippen LogP contribution in [0.5, 0.6) is 11.5 Å². The molecule has 2 aromatic carbocycles. The van der Waals surface area contributed by atoms with Gasteiger partial charge in [0.1, 0.15) is 24.0 Å². The number of aliphatic hydroxyl groups excluding tert-OH is 2. The third-order valence-corrected chi connectivity index (χ3v) is 7.40. The Bertz CT molecular complexity index is 983. The summed E-state index contributed by atoms with van der Waals surface area (Å²) in [4.78, 5) is 0. The summed E-state index contributed by atoms with van der Waals surface area (Å²) in [5.74, 6) is 0.704. The largest absolute Gasteiger partial charge is 0.507 e. The first-order valence-electron chi connectivity index (χ1n) is 14.6. The van der Waals surface area contributed by atoms with Crippen molar-refractivity contribution in [3.05, 3.63) is 57.6 Å². The van der Waals surface area contributed by atoms with Crippen LogP contribution in [0, 0.1) is 0 Å². The van der Waals surface area contributed by atoms with Gasteiger partial charge in [0.05, 0.1) is 0 Å². The highest BCUT2D eigenvalue weighted by Gasteiger charge is 2.28. The lowest BCUT2D eigenvalue weighted by atomic mass is 9.78. The van der Waals surface area contributed by atoms with E-state index in [1.807, 2.05) is 24.3 Å². The Morgan fingerprint density at radius 3 is 0.925 bits per heavy atom. The number of rotatable bonds is 9. The van der Waals surface area contributed by atoms with Crippen LogP contribution >= 0.6 is 0 Å². The highest BCUT2D eigenvalue weighted by atomic mass is 16.3. The molecule has 0 saturated carbocycles. The minimum Gasteiger partial charge on any atom is -0.507 e. The van der Waals surface area contributed by atoms with Crippen molar-refractivity contribution in [3.8, 4) is 11.5 Å². The van der Waals surface area contributed by atoms with Crippen molar-refractivity contribution >= 4 is 0 Å². The lowest BCUT2D eigenvalue weighted by Crippen LogP contribution is -2.47. The van der Waals surface area contributed by atoms with Crippen LogP contribution in [0.25, 0.3) is 0 Å². The van der Waals surface area contributed by atoms with Gasteiger partial charge in [-0.3, -0.25) is 0 Å². The topological polar surface area (TPSA) is 105 Å². The van der Waals surface area contributed by atoms with Crippen LogP contribution < -0.4 is 10.9 Å². The zero-order valence-corrected chi connectivity index (χ0v) is 27.1. The molecule has 6 N–H and O–H groups in total. The molecule has 0 bridgehead atoms. The average molecular weight is 557 g/mol. The fourth-order valence-corrected chi connectivity index (χ4v) is 4.91. The number of aromatic hydroxyl groups is 2. The van der Waals surface area contributed by atoms with Crippen LogP contribution in [-0.2, 0) is 34.5 Å². The Kier molecular flexibility index (Phi) is 10.6. The number of aliphatic hydroxyl groups is 2. The van der Waals surface area contributed by atoms with Crippen molar-refractivity contribution in [2.75, 3.05) is 0 Å². The number of nitrogens with one attached hydrogen (secondary N) is 2. The van der Waals surface area contributed by atoms with Gasteiger partial charge in [-0.05, 0) is 80.7 Å². The van der Waals surface area contributed by atoms with Crippen molar-refractivity contribution < 1.29 is 20.4 Å². The molecule has 0 aliphatic carbocycles. The smallest absolute Gasteiger partial charge is 0.123 e. The number of hydrogen-bond donors (Lipinski definition) is 6. The van der Waals surface area contributed by atoms with Gasteiger partial charge >= 0.3 is 0 Å². The third kappa shape index (κ3) is 9.20. The molecule has 0 saturated heterocycles. The predicted molar refractivity (Wildman–Crippen MR) is 166 cm³/mol. The van der Waals surface area contributed by atoms with E-state index in [1.165, 1.54) is 0 Å². The summed E-state index contributed by atoms with van der Waals surface area (Å²) in [7, 11) is 0. The van der Waals surface area contributed by atoms with E-state index in [0.717, 1.165) is 33.4 Å². The minimum atomic E-state index is -0.853. The molecule has 40 heavy (non-hydrogen) atoms. The molecule has 6 heteroatoms. The van der Waals surface area contributed by atoms with Crippen LogP contribution in [0.1, 0.15) is 129 Å². The fourth-order valence-electron chi connectivity index (χ4n) is 4.91. The van der Waals surface area contributed by atoms with Crippen molar-refractivity contribution in [1.29, 1.82) is 0 Å². The van der Waals surface area contributed by atoms with Gasteiger partial charge in [0.2, 0.25) is 0 Å². The molecule has 2 unspecified atom stereocenters. The van der Waals surface area contributed by atoms with Crippen LogP contribution in [0.4, 0.5) is 0 Å². The van der Waals surface area contributed by atoms with Crippen LogP contribution in [0.15, 0.2) is 24.3 Å². The lowest BCUT2D eigenvalue weighted by Gasteiger charge is -2.28. The maximum Gasteiger partial charge on any atom is 0.123 e. The van der Waals surface area contributed by atoms with E-state index in [0.29, 0.717) is 37.2 Å².